The largest absolute Gasteiger partial charge is 0.495 e. The number of benzene rings is 2. The first-order valence-electron chi connectivity index (χ1n) is 7.99. The van der Waals surface area contributed by atoms with Crippen molar-refractivity contribution in [3.8, 4) is 5.75 Å². The van der Waals surface area contributed by atoms with Gasteiger partial charge >= 0.3 is 0 Å². The monoisotopic (exact) mass is 391 g/mol. The Bertz CT molecular complexity index is 988. The molecule has 134 valence electrons. The number of fused-ring (bicyclic) bond motifs is 1. The van der Waals surface area contributed by atoms with Crippen molar-refractivity contribution in [2.24, 2.45) is 5.92 Å². The fourth-order valence-corrected chi connectivity index (χ4v) is 4.08. The zero-order chi connectivity index (χ0) is 18.3. The molecule has 26 heavy (non-hydrogen) atoms. The molecule has 0 radical (unpaired) electrons. The first kappa shape index (κ1) is 17.1. The lowest BCUT2D eigenvalue weighted by Crippen LogP contribution is -2.52. The van der Waals surface area contributed by atoms with E-state index in [2.05, 4.69) is 10.3 Å². The highest BCUT2D eigenvalue weighted by Gasteiger charge is 2.34. The maximum Gasteiger partial charge on any atom is 0.231 e. The second-order valence-electron chi connectivity index (χ2n) is 6.02. The summed E-state index contributed by atoms with van der Waals surface area (Å²) in [5.74, 6) is 0.0151. The van der Waals surface area contributed by atoms with Crippen LogP contribution in [-0.2, 0) is 4.79 Å². The number of amides is 1. The van der Waals surface area contributed by atoms with Crippen LogP contribution in [0.1, 0.15) is 0 Å². The summed E-state index contributed by atoms with van der Waals surface area (Å²) in [7, 11) is 1.54. The van der Waals surface area contributed by atoms with E-state index in [9.17, 15) is 9.18 Å². The summed E-state index contributed by atoms with van der Waals surface area (Å²) in [6.07, 6.45) is 0. The van der Waals surface area contributed by atoms with Crippen molar-refractivity contribution in [3.63, 3.8) is 0 Å². The molecule has 1 N–H and O–H groups in total. The summed E-state index contributed by atoms with van der Waals surface area (Å²) in [4.78, 5) is 18.7. The molecule has 8 heteroatoms. The Balaban J connectivity index is 1.40. The molecule has 0 atom stereocenters. The van der Waals surface area contributed by atoms with E-state index >= 15 is 0 Å². The highest BCUT2D eigenvalue weighted by Crippen LogP contribution is 2.34. The summed E-state index contributed by atoms with van der Waals surface area (Å²) >= 11 is 7.50. The minimum Gasteiger partial charge on any atom is -0.495 e. The van der Waals surface area contributed by atoms with Crippen molar-refractivity contribution in [2.45, 2.75) is 0 Å². The molecule has 1 fully saturated rings. The van der Waals surface area contributed by atoms with Crippen LogP contribution >= 0.6 is 22.9 Å². The number of nitrogens with one attached hydrogen (secondary N) is 1. The Morgan fingerprint density at radius 2 is 2.19 bits per heavy atom. The number of carbonyl (C=O) groups is 1. The maximum atomic E-state index is 13.8. The number of hydrogen-bond acceptors (Lipinski definition) is 5. The third-order valence-electron chi connectivity index (χ3n) is 4.30. The average Bonchev–Trinajstić information content (AvgIpc) is 2.99. The van der Waals surface area contributed by atoms with Crippen LogP contribution in [0.15, 0.2) is 36.4 Å². The summed E-state index contributed by atoms with van der Waals surface area (Å²) in [5.41, 5.74) is 1.01. The van der Waals surface area contributed by atoms with Crippen molar-refractivity contribution in [1.29, 1.82) is 0 Å². The number of rotatable bonds is 4. The SMILES string of the molecule is COc1ccc(NC(=O)C2CN(c3nc4c(F)cccc4s3)C2)cc1Cl. The summed E-state index contributed by atoms with van der Waals surface area (Å²) < 4.78 is 19.7. The predicted octanol–water partition coefficient (Wildman–Crippen LogP) is 4.17. The molecule has 0 saturated carbocycles. The highest BCUT2D eigenvalue weighted by atomic mass is 35.5. The molecule has 0 unspecified atom stereocenters. The van der Waals surface area contributed by atoms with Crippen molar-refractivity contribution >= 4 is 49.9 Å². The standard InChI is InChI=1S/C18H15ClFN3O2S/c1-25-14-6-5-11(7-12(14)19)21-17(24)10-8-23(9-10)18-22-16-13(20)3-2-4-15(16)26-18/h2-7,10H,8-9H2,1H3,(H,21,24). The maximum absolute atomic E-state index is 13.8. The molecule has 0 bridgehead atoms. The van der Waals surface area contributed by atoms with Gasteiger partial charge in [0.25, 0.3) is 0 Å². The first-order chi connectivity index (χ1) is 12.5. The van der Waals surface area contributed by atoms with Crippen LogP contribution in [0.2, 0.25) is 5.02 Å². The molecule has 3 aromatic rings. The number of methoxy groups -OCH3 is 1. The van der Waals surface area contributed by atoms with Crippen molar-refractivity contribution in [3.05, 3.63) is 47.2 Å². The number of halogens is 2. The van der Waals surface area contributed by atoms with Gasteiger partial charge in [-0.05, 0) is 30.3 Å². The Morgan fingerprint density at radius 3 is 2.88 bits per heavy atom. The normalized spacial score (nSPS) is 14.3. The number of nitrogens with zero attached hydrogens (tertiary/aromatic N) is 2. The van der Waals surface area contributed by atoms with E-state index in [4.69, 9.17) is 16.3 Å². The van der Waals surface area contributed by atoms with Gasteiger partial charge < -0.3 is 15.0 Å². The summed E-state index contributed by atoms with van der Waals surface area (Å²) in [5, 5.41) is 4.04. The van der Waals surface area contributed by atoms with Gasteiger partial charge in [0.05, 0.1) is 22.8 Å². The summed E-state index contributed by atoms with van der Waals surface area (Å²) in [6.45, 7) is 1.11. The Hall–Kier alpha value is -2.38. The van der Waals surface area contributed by atoms with E-state index in [0.29, 0.717) is 35.1 Å². The van der Waals surface area contributed by atoms with E-state index in [1.807, 2.05) is 11.0 Å². The van der Waals surface area contributed by atoms with Gasteiger partial charge in [-0.25, -0.2) is 9.37 Å². The zero-order valence-corrected chi connectivity index (χ0v) is 15.4. The lowest BCUT2D eigenvalue weighted by atomic mass is 10.00. The smallest absolute Gasteiger partial charge is 0.231 e. The lowest BCUT2D eigenvalue weighted by molar-refractivity contribution is -0.120. The van der Waals surface area contributed by atoms with Gasteiger partial charge in [-0.15, -0.1) is 0 Å². The molecule has 0 aliphatic carbocycles. The lowest BCUT2D eigenvalue weighted by Gasteiger charge is -2.37. The minimum atomic E-state index is -0.323. The van der Waals surface area contributed by atoms with E-state index in [1.54, 1.807) is 24.3 Å². The van der Waals surface area contributed by atoms with Crippen LogP contribution in [0.5, 0.6) is 5.75 Å². The van der Waals surface area contributed by atoms with Gasteiger partial charge in [0.1, 0.15) is 17.1 Å². The summed E-state index contributed by atoms with van der Waals surface area (Å²) in [6, 6.07) is 10.0. The Morgan fingerprint density at radius 1 is 1.38 bits per heavy atom. The van der Waals surface area contributed by atoms with Crippen LogP contribution in [-0.4, -0.2) is 31.1 Å². The molecule has 4 rings (SSSR count). The second kappa shape index (κ2) is 6.74. The molecule has 1 aromatic heterocycles. The third kappa shape index (κ3) is 3.08. The van der Waals surface area contributed by atoms with Crippen molar-refractivity contribution in [2.75, 3.05) is 30.4 Å². The minimum absolute atomic E-state index is 0.0743. The number of carbonyl (C=O) groups excluding carboxylic acids is 1. The molecule has 5 nitrogen and oxygen atoms in total. The molecular weight excluding hydrogens is 377 g/mol. The molecular formula is C18H15ClFN3O2S. The van der Waals surface area contributed by atoms with E-state index < -0.39 is 0 Å². The number of para-hydroxylation sites is 1. The Labute approximate surface area is 158 Å². The molecule has 2 aromatic carbocycles. The van der Waals surface area contributed by atoms with Crippen LogP contribution < -0.4 is 15.0 Å². The van der Waals surface area contributed by atoms with Gasteiger partial charge in [-0.1, -0.05) is 29.0 Å². The van der Waals surface area contributed by atoms with Crippen LogP contribution in [0, 0.1) is 11.7 Å². The van der Waals surface area contributed by atoms with Crippen molar-refractivity contribution < 1.29 is 13.9 Å². The second-order valence-corrected chi connectivity index (χ2v) is 7.44. The predicted molar refractivity (Wildman–Crippen MR) is 102 cm³/mol. The zero-order valence-electron chi connectivity index (χ0n) is 13.8. The van der Waals surface area contributed by atoms with Crippen LogP contribution in [0.4, 0.5) is 15.2 Å². The number of aromatic nitrogens is 1. The van der Waals surface area contributed by atoms with Gasteiger partial charge in [-0.3, -0.25) is 4.79 Å². The molecule has 1 saturated heterocycles. The third-order valence-corrected chi connectivity index (χ3v) is 5.68. The number of thiazole rings is 1. The van der Waals surface area contributed by atoms with Crippen LogP contribution in [0.3, 0.4) is 0 Å². The molecule has 1 aliphatic heterocycles. The molecule has 1 amide bonds. The van der Waals surface area contributed by atoms with Gasteiger partial charge in [-0.2, -0.15) is 0 Å². The Kier molecular flexibility index (Phi) is 4.42. The molecule has 1 aliphatic rings. The first-order valence-corrected chi connectivity index (χ1v) is 9.19. The number of ether oxygens (including phenoxy) is 1. The van der Waals surface area contributed by atoms with Gasteiger partial charge in [0, 0.05) is 18.8 Å². The fourth-order valence-electron chi connectivity index (χ4n) is 2.83. The van der Waals surface area contributed by atoms with Gasteiger partial charge in [0.15, 0.2) is 5.13 Å². The van der Waals surface area contributed by atoms with E-state index in [0.717, 1.165) is 9.83 Å². The highest BCUT2D eigenvalue weighted by molar-refractivity contribution is 7.22. The number of anilines is 2. The number of hydrogen-bond donors (Lipinski definition) is 1. The fraction of sp³-hybridized carbons (Fsp3) is 0.222. The molecule has 0 spiro atoms. The average molecular weight is 392 g/mol. The van der Waals surface area contributed by atoms with E-state index in [-0.39, 0.29) is 17.6 Å². The quantitative estimate of drug-likeness (QED) is 0.725. The van der Waals surface area contributed by atoms with E-state index in [1.165, 1.54) is 24.5 Å². The van der Waals surface area contributed by atoms with Crippen LogP contribution in [0.25, 0.3) is 10.2 Å². The van der Waals surface area contributed by atoms with Crippen molar-refractivity contribution in [1.82, 2.24) is 4.98 Å². The molecule has 2 heterocycles. The topological polar surface area (TPSA) is 54.5 Å². The van der Waals surface area contributed by atoms with Gasteiger partial charge in [0.2, 0.25) is 5.91 Å².